The second-order valence-corrected chi connectivity index (χ2v) is 6.40. The third kappa shape index (κ3) is 5.28. The van der Waals surface area contributed by atoms with Gasteiger partial charge in [-0.25, -0.2) is 9.98 Å². The number of halogens is 1. The Morgan fingerprint density at radius 1 is 1.41 bits per heavy atom. The lowest BCUT2D eigenvalue weighted by Gasteiger charge is -2.06. The largest absolute Gasteiger partial charge is 0.359 e. The van der Waals surface area contributed by atoms with Crippen molar-refractivity contribution in [1.29, 1.82) is 0 Å². The number of aliphatic imine (C=N–C) groups is 1. The molecule has 118 valence electrons. The van der Waals surface area contributed by atoms with Crippen molar-refractivity contribution in [2.24, 2.45) is 4.99 Å². The summed E-state index contributed by atoms with van der Waals surface area (Å²) < 4.78 is 0. The third-order valence-corrected chi connectivity index (χ3v) is 3.65. The number of hydrogen-bond acceptors (Lipinski definition) is 4. The predicted octanol–water partition coefficient (Wildman–Crippen LogP) is 5.54. The SMILES string of the molecule is C=C/C=C(/Cl)C(N=C(C=C)c1csc(NC(C)C)n1)=C(C)C. The number of aromatic nitrogens is 1. The fourth-order valence-corrected chi connectivity index (χ4v) is 2.79. The van der Waals surface area contributed by atoms with Gasteiger partial charge in [-0.05, 0) is 45.4 Å². The highest BCUT2D eigenvalue weighted by Gasteiger charge is 2.10. The fraction of sp³-hybridized carbons (Fsp3) is 0.294. The molecule has 1 N–H and O–H groups in total. The maximum atomic E-state index is 6.26. The molecule has 0 atom stereocenters. The number of nitrogens with zero attached hydrogens (tertiary/aromatic N) is 2. The van der Waals surface area contributed by atoms with Crippen molar-refractivity contribution in [3.05, 3.63) is 58.8 Å². The molecule has 0 unspecified atom stereocenters. The number of rotatable bonds is 7. The van der Waals surface area contributed by atoms with E-state index in [0.29, 0.717) is 22.5 Å². The summed E-state index contributed by atoms with van der Waals surface area (Å²) >= 11 is 7.81. The number of nitrogens with one attached hydrogen (secondary N) is 1. The van der Waals surface area contributed by atoms with Gasteiger partial charge in [-0.1, -0.05) is 30.8 Å². The van der Waals surface area contributed by atoms with Crippen LogP contribution in [0.3, 0.4) is 0 Å². The van der Waals surface area contributed by atoms with Crippen molar-refractivity contribution in [1.82, 2.24) is 4.98 Å². The summed E-state index contributed by atoms with van der Waals surface area (Å²) in [6, 6.07) is 0.335. The Morgan fingerprint density at radius 2 is 2.09 bits per heavy atom. The second kappa shape index (κ2) is 8.71. The highest BCUT2D eigenvalue weighted by molar-refractivity contribution is 7.13. The van der Waals surface area contributed by atoms with E-state index in [4.69, 9.17) is 11.6 Å². The Hall–Kier alpha value is -1.65. The van der Waals surface area contributed by atoms with E-state index in [1.54, 1.807) is 29.6 Å². The van der Waals surface area contributed by atoms with Crippen molar-refractivity contribution in [3.63, 3.8) is 0 Å². The van der Waals surface area contributed by atoms with Gasteiger partial charge in [0.15, 0.2) is 5.13 Å². The molecule has 0 aliphatic rings. The molecule has 0 spiro atoms. The van der Waals surface area contributed by atoms with Crippen LogP contribution in [0.2, 0.25) is 0 Å². The minimum atomic E-state index is 0.335. The molecule has 0 aromatic carbocycles. The van der Waals surface area contributed by atoms with Crippen LogP contribution in [0.25, 0.3) is 0 Å². The molecule has 0 fully saturated rings. The second-order valence-electron chi connectivity index (χ2n) is 5.14. The lowest BCUT2D eigenvalue weighted by atomic mass is 10.2. The van der Waals surface area contributed by atoms with Crippen LogP contribution in [0.4, 0.5) is 5.13 Å². The molecule has 0 bridgehead atoms. The average Bonchev–Trinajstić information content (AvgIpc) is 2.87. The molecule has 1 heterocycles. The van der Waals surface area contributed by atoms with Gasteiger partial charge in [-0.15, -0.1) is 11.3 Å². The maximum absolute atomic E-state index is 6.26. The molecule has 3 nitrogen and oxygen atoms in total. The van der Waals surface area contributed by atoms with E-state index in [1.165, 1.54) is 0 Å². The Labute approximate surface area is 141 Å². The molecular weight excluding hydrogens is 314 g/mol. The standard InChI is InChI=1S/C17H22ClN3S/c1-7-9-13(18)16(11(3)4)20-14(8-2)15-10-22-17(21-15)19-12(5)6/h7-10,12H,1-2H2,3-6H3,(H,19,21)/b13-9+,20-14?. The zero-order valence-electron chi connectivity index (χ0n) is 13.5. The maximum Gasteiger partial charge on any atom is 0.183 e. The molecular formula is C17H22ClN3S. The molecule has 1 rings (SSSR count). The van der Waals surface area contributed by atoms with E-state index in [9.17, 15) is 0 Å². The lowest BCUT2D eigenvalue weighted by Crippen LogP contribution is -2.09. The van der Waals surface area contributed by atoms with Crippen LogP contribution in [-0.4, -0.2) is 16.7 Å². The van der Waals surface area contributed by atoms with E-state index in [2.05, 4.69) is 42.3 Å². The Balaban J connectivity index is 3.21. The molecule has 0 amide bonds. The molecule has 1 aromatic rings. The highest BCUT2D eigenvalue weighted by Crippen LogP contribution is 2.23. The summed E-state index contributed by atoms with van der Waals surface area (Å²) in [5.74, 6) is 0. The molecule has 5 heteroatoms. The number of anilines is 1. The van der Waals surface area contributed by atoms with Crippen LogP contribution in [0.1, 0.15) is 33.4 Å². The van der Waals surface area contributed by atoms with E-state index < -0.39 is 0 Å². The first-order valence-corrected chi connectivity index (χ1v) is 8.24. The summed E-state index contributed by atoms with van der Waals surface area (Å²) in [6.45, 7) is 15.6. The smallest absolute Gasteiger partial charge is 0.183 e. The number of allylic oxidation sites excluding steroid dienone is 5. The Kier molecular flexibility index (Phi) is 7.28. The first kappa shape index (κ1) is 18.4. The molecule has 0 aliphatic heterocycles. The van der Waals surface area contributed by atoms with Crippen molar-refractivity contribution < 1.29 is 0 Å². The Bertz CT molecular complexity index is 632. The number of thiazole rings is 1. The van der Waals surface area contributed by atoms with E-state index in [1.807, 2.05) is 19.2 Å². The molecule has 1 aromatic heterocycles. The molecule has 0 aliphatic carbocycles. The van der Waals surface area contributed by atoms with Crippen molar-refractivity contribution in [2.45, 2.75) is 33.7 Å². The zero-order chi connectivity index (χ0) is 16.7. The van der Waals surface area contributed by atoms with Crippen molar-refractivity contribution in [2.75, 3.05) is 5.32 Å². The summed E-state index contributed by atoms with van der Waals surface area (Å²) in [5.41, 5.74) is 3.20. The summed E-state index contributed by atoms with van der Waals surface area (Å²) in [4.78, 5) is 9.16. The van der Waals surface area contributed by atoms with Gasteiger partial charge < -0.3 is 5.32 Å². The molecule has 0 radical (unpaired) electrons. The monoisotopic (exact) mass is 335 g/mol. The van der Waals surface area contributed by atoms with E-state index >= 15 is 0 Å². The van der Waals surface area contributed by atoms with Crippen molar-refractivity contribution >= 4 is 33.8 Å². The normalized spacial score (nSPS) is 12.3. The lowest BCUT2D eigenvalue weighted by molar-refractivity contribution is 0.896. The van der Waals surface area contributed by atoms with Gasteiger partial charge in [0.25, 0.3) is 0 Å². The molecule has 0 saturated carbocycles. The van der Waals surface area contributed by atoms with E-state index in [0.717, 1.165) is 16.4 Å². The van der Waals surface area contributed by atoms with Gasteiger partial charge in [0.2, 0.25) is 0 Å². The number of hydrogen-bond donors (Lipinski definition) is 1. The molecule has 22 heavy (non-hydrogen) atoms. The van der Waals surface area contributed by atoms with Gasteiger partial charge in [-0.3, -0.25) is 0 Å². The van der Waals surface area contributed by atoms with Gasteiger partial charge in [0, 0.05) is 11.4 Å². The van der Waals surface area contributed by atoms with Crippen LogP contribution in [-0.2, 0) is 0 Å². The van der Waals surface area contributed by atoms with Gasteiger partial charge in [-0.2, -0.15) is 0 Å². The van der Waals surface area contributed by atoms with Gasteiger partial charge in [0.1, 0.15) is 5.69 Å². The van der Waals surface area contributed by atoms with Crippen molar-refractivity contribution in [3.8, 4) is 0 Å². The Morgan fingerprint density at radius 3 is 2.59 bits per heavy atom. The third-order valence-electron chi connectivity index (χ3n) is 2.57. The minimum Gasteiger partial charge on any atom is -0.359 e. The zero-order valence-corrected chi connectivity index (χ0v) is 15.1. The summed E-state index contributed by atoms with van der Waals surface area (Å²) in [7, 11) is 0. The van der Waals surface area contributed by atoms with E-state index in [-0.39, 0.29) is 0 Å². The van der Waals surface area contributed by atoms with Gasteiger partial charge in [0.05, 0.1) is 16.4 Å². The summed E-state index contributed by atoms with van der Waals surface area (Å²) in [5, 5.41) is 6.65. The average molecular weight is 336 g/mol. The highest BCUT2D eigenvalue weighted by atomic mass is 35.5. The quantitative estimate of drug-likeness (QED) is 0.524. The first-order chi connectivity index (χ1) is 10.4. The van der Waals surface area contributed by atoms with Crippen LogP contribution in [0, 0.1) is 0 Å². The van der Waals surface area contributed by atoms with Gasteiger partial charge >= 0.3 is 0 Å². The molecule has 0 saturated heterocycles. The first-order valence-electron chi connectivity index (χ1n) is 6.98. The van der Waals surface area contributed by atoms with Crippen LogP contribution in [0.5, 0.6) is 0 Å². The fourth-order valence-electron chi connectivity index (χ4n) is 1.62. The van der Waals surface area contributed by atoms with Crippen LogP contribution < -0.4 is 5.32 Å². The summed E-state index contributed by atoms with van der Waals surface area (Å²) in [6.07, 6.45) is 5.05. The topological polar surface area (TPSA) is 37.3 Å². The minimum absolute atomic E-state index is 0.335. The van der Waals surface area contributed by atoms with Crippen LogP contribution >= 0.6 is 22.9 Å². The predicted molar refractivity (Wildman–Crippen MR) is 100 cm³/mol. The van der Waals surface area contributed by atoms with Crippen LogP contribution in [0.15, 0.2) is 58.1 Å².